The molecule has 5 heteroatoms. The molecule has 108 valence electrons. The van der Waals surface area contributed by atoms with Gasteiger partial charge >= 0.3 is 0 Å². The number of nitrogens with one attached hydrogen (secondary N) is 1. The Labute approximate surface area is 124 Å². The molecule has 2 rings (SSSR count). The topological polar surface area (TPSA) is 69.0 Å². The van der Waals surface area contributed by atoms with E-state index in [0.717, 1.165) is 17.3 Å². The van der Waals surface area contributed by atoms with Crippen molar-refractivity contribution < 1.29 is 4.79 Å². The third kappa shape index (κ3) is 3.29. The van der Waals surface area contributed by atoms with E-state index in [1.807, 2.05) is 37.3 Å². The van der Waals surface area contributed by atoms with Crippen LogP contribution in [-0.2, 0) is 0 Å². The maximum absolute atomic E-state index is 12.4. The van der Waals surface area contributed by atoms with Gasteiger partial charge in [-0.15, -0.1) is 0 Å². The molecule has 0 fully saturated rings. The minimum absolute atomic E-state index is 0.171. The molecule has 0 spiro atoms. The molecule has 0 aliphatic carbocycles. The molecule has 1 aromatic heterocycles. The highest BCUT2D eigenvalue weighted by molar-refractivity contribution is 6.00. The zero-order valence-corrected chi connectivity index (χ0v) is 12.3. The lowest BCUT2D eigenvalue weighted by Crippen LogP contribution is -2.28. The first-order valence-electron chi connectivity index (χ1n) is 6.93. The standard InChI is InChI=1S/C16H18N4O/c1-3-18-15-13-8-5-4-7-12(13)11-14(19-15)16(21)20(2)10-6-9-17/h4-5,7-8,11H,3,6,10H2,1-2H3,(H,18,19). The van der Waals surface area contributed by atoms with Crippen molar-refractivity contribution in [2.75, 3.05) is 25.5 Å². The molecule has 21 heavy (non-hydrogen) atoms. The normalized spacial score (nSPS) is 10.1. The minimum Gasteiger partial charge on any atom is -0.370 e. The quantitative estimate of drug-likeness (QED) is 0.915. The monoisotopic (exact) mass is 282 g/mol. The Kier molecular flexibility index (Phi) is 4.72. The van der Waals surface area contributed by atoms with E-state index < -0.39 is 0 Å². The summed E-state index contributed by atoms with van der Waals surface area (Å²) in [5.41, 5.74) is 0.394. The molecule has 1 N–H and O–H groups in total. The van der Waals surface area contributed by atoms with Gasteiger partial charge in [0, 0.05) is 25.5 Å². The molecule has 1 aromatic carbocycles. The molecule has 0 aliphatic rings. The Morgan fingerprint density at radius 1 is 1.43 bits per heavy atom. The summed E-state index contributed by atoms with van der Waals surface area (Å²) in [4.78, 5) is 18.3. The van der Waals surface area contributed by atoms with Crippen LogP contribution in [0.15, 0.2) is 30.3 Å². The first kappa shape index (κ1) is 14.8. The van der Waals surface area contributed by atoms with Crippen LogP contribution in [0.3, 0.4) is 0 Å². The lowest BCUT2D eigenvalue weighted by molar-refractivity contribution is 0.0792. The van der Waals surface area contributed by atoms with E-state index >= 15 is 0 Å². The summed E-state index contributed by atoms with van der Waals surface area (Å²) in [6, 6.07) is 11.7. The van der Waals surface area contributed by atoms with Crippen molar-refractivity contribution in [2.45, 2.75) is 13.3 Å². The van der Waals surface area contributed by atoms with E-state index in [9.17, 15) is 4.79 Å². The van der Waals surface area contributed by atoms with Crippen LogP contribution in [0.4, 0.5) is 5.82 Å². The van der Waals surface area contributed by atoms with Gasteiger partial charge in [0.1, 0.15) is 11.5 Å². The summed E-state index contributed by atoms with van der Waals surface area (Å²) in [5.74, 6) is 0.544. The highest BCUT2D eigenvalue weighted by Gasteiger charge is 2.15. The van der Waals surface area contributed by atoms with Gasteiger partial charge in [-0.2, -0.15) is 5.26 Å². The van der Waals surface area contributed by atoms with Crippen molar-refractivity contribution in [1.82, 2.24) is 9.88 Å². The fraction of sp³-hybridized carbons (Fsp3) is 0.312. The highest BCUT2D eigenvalue weighted by Crippen LogP contribution is 2.23. The predicted octanol–water partition coefficient (Wildman–Crippen LogP) is 2.65. The Hall–Kier alpha value is -2.61. The van der Waals surface area contributed by atoms with Crippen LogP contribution in [-0.4, -0.2) is 35.9 Å². The number of nitriles is 1. The predicted molar refractivity (Wildman–Crippen MR) is 83.1 cm³/mol. The lowest BCUT2D eigenvalue weighted by atomic mass is 10.1. The minimum atomic E-state index is -0.171. The van der Waals surface area contributed by atoms with Crippen LogP contribution >= 0.6 is 0 Å². The summed E-state index contributed by atoms with van der Waals surface area (Å²) >= 11 is 0. The van der Waals surface area contributed by atoms with Gasteiger partial charge in [-0.1, -0.05) is 24.3 Å². The Morgan fingerprint density at radius 2 is 2.19 bits per heavy atom. The smallest absolute Gasteiger partial charge is 0.272 e. The molecule has 5 nitrogen and oxygen atoms in total. The van der Waals surface area contributed by atoms with E-state index in [1.54, 1.807) is 13.1 Å². The summed E-state index contributed by atoms with van der Waals surface area (Å²) < 4.78 is 0. The Bertz CT molecular complexity index is 690. The van der Waals surface area contributed by atoms with Gasteiger partial charge < -0.3 is 10.2 Å². The molecular weight excluding hydrogens is 264 g/mol. The second-order valence-electron chi connectivity index (χ2n) is 4.74. The number of nitrogens with zero attached hydrogens (tertiary/aromatic N) is 3. The zero-order chi connectivity index (χ0) is 15.2. The number of benzene rings is 1. The molecule has 1 amide bonds. The number of carbonyl (C=O) groups excluding carboxylic acids is 1. The number of hydrogen-bond acceptors (Lipinski definition) is 4. The number of fused-ring (bicyclic) bond motifs is 1. The van der Waals surface area contributed by atoms with E-state index in [4.69, 9.17) is 5.26 Å². The van der Waals surface area contributed by atoms with Crippen molar-refractivity contribution in [3.8, 4) is 6.07 Å². The van der Waals surface area contributed by atoms with Crippen LogP contribution in [0.1, 0.15) is 23.8 Å². The van der Waals surface area contributed by atoms with Crippen LogP contribution < -0.4 is 5.32 Å². The number of hydrogen-bond donors (Lipinski definition) is 1. The SMILES string of the molecule is CCNc1nc(C(=O)N(C)CCC#N)cc2ccccc12. The lowest BCUT2D eigenvalue weighted by Gasteiger charge is -2.16. The van der Waals surface area contributed by atoms with Crippen LogP contribution in [0.2, 0.25) is 0 Å². The summed E-state index contributed by atoms with van der Waals surface area (Å²) in [5, 5.41) is 13.8. The molecule has 2 aromatic rings. The number of rotatable bonds is 5. The number of anilines is 1. The van der Waals surface area contributed by atoms with E-state index in [2.05, 4.69) is 10.3 Å². The van der Waals surface area contributed by atoms with Crippen molar-refractivity contribution in [3.05, 3.63) is 36.0 Å². The molecule has 0 saturated carbocycles. The average Bonchev–Trinajstić information content (AvgIpc) is 2.52. The van der Waals surface area contributed by atoms with Gasteiger partial charge in [0.25, 0.3) is 5.91 Å². The second kappa shape index (κ2) is 6.71. The van der Waals surface area contributed by atoms with Crippen LogP contribution in [0.5, 0.6) is 0 Å². The first-order chi connectivity index (χ1) is 10.2. The first-order valence-corrected chi connectivity index (χ1v) is 6.93. The van der Waals surface area contributed by atoms with Gasteiger partial charge in [0.05, 0.1) is 12.5 Å². The van der Waals surface area contributed by atoms with Crippen molar-refractivity contribution in [3.63, 3.8) is 0 Å². The summed E-state index contributed by atoms with van der Waals surface area (Å²) in [7, 11) is 1.68. The third-order valence-corrected chi connectivity index (χ3v) is 3.21. The third-order valence-electron chi connectivity index (χ3n) is 3.21. The van der Waals surface area contributed by atoms with Gasteiger partial charge in [0.2, 0.25) is 0 Å². The molecule has 0 saturated heterocycles. The van der Waals surface area contributed by atoms with Gasteiger partial charge in [0.15, 0.2) is 0 Å². The maximum Gasteiger partial charge on any atom is 0.272 e. The van der Waals surface area contributed by atoms with Crippen LogP contribution in [0.25, 0.3) is 10.8 Å². The average molecular weight is 282 g/mol. The van der Waals surface area contributed by atoms with Crippen molar-refractivity contribution in [2.24, 2.45) is 0 Å². The Balaban J connectivity index is 2.40. The highest BCUT2D eigenvalue weighted by atomic mass is 16.2. The van der Waals surface area contributed by atoms with Crippen molar-refractivity contribution >= 4 is 22.5 Å². The molecule has 0 atom stereocenters. The second-order valence-corrected chi connectivity index (χ2v) is 4.74. The Morgan fingerprint density at radius 3 is 2.90 bits per heavy atom. The maximum atomic E-state index is 12.4. The molecule has 0 bridgehead atoms. The van der Waals surface area contributed by atoms with Gasteiger partial charge in [-0.05, 0) is 18.4 Å². The summed E-state index contributed by atoms with van der Waals surface area (Å²) in [6.07, 6.45) is 0.315. The molecule has 0 aliphatic heterocycles. The number of amides is 1. The molecule has 1 heterocycles. The molecule has 0 unspecified atom stereocenters. The molecular formula is C16H18N4O. The zero-order valence-electron chi connectivity index (χ0n) is 12.3. The van der Waals surface area contributed by atoms with E-state index in [0.29, 0.717) is 24.5 Å². The fourth-order valence-electron chi connectivity index (χ4n) is 2.13. The number of aromatic nitrogens is 1. The van der Waals surface area contributed by atoms with Gasteiger partial charge in [-0.3, -0.25) is 4.79 Å². The summed E-state index contributed by atoms with van der Waals surface area (Å²) in [6.45, 7) is 3.13. The number of carbonyl (C=O) groups is 1. The molecule has 0 radical (unpaired) electrons. The fourth-order valence-corrected chi connectivity index (χ4v) is 2.13. The van der Waals surface area contributed by atoms with Crippen molar-refractivity contribution in [1.29, 1.82) is 5.26 Å². The van der Waals surface area contributed by atoms with E-state index in [-0.39, 0.29) is 5.91 Å². The van der Waals surface area contributed by atoms with E-state index in [1.165, 1.54) is 4.90 Å². The number of pyridine rings is 1. The van der Waals surface area contributed by atoms with Crippen LogP contribution in [0, 0.1) is 11.3 Å². The van der Waals surface area contributed by atoms with Gasteiger partial charge in [-0.25, -0.2) is 4.98 Å². The largest absolute Gasteiger partial charge is 0.370 e.